The molecule has 1 heterocycles. The quantitative estimate of drug-likeness (QED) is 0.496. The maximum absolute atomic E-state index is 11.3. The first-order chi connectivity index (χ1) is 6.43. The zero-order chi connectivity index (χ0) is 10.8. The van der Waals surface area contributed by atoms with Crippen LogP contribution < -0.4 is 10.5 Å². The van der Waals surface area contributed by atoms with Crippen molar-refractivity contribution in [2.24, 2.45) is 5.73 Å². The SMILES string of the molecule is NC(CNS(=O)(=O)N1CCC1)C(=O)O. The van der Waals surface area contributed by atoms with Gasteiger partial charge in [0.1, 0.15) is 6.04 Å². The summed E-state index contributed by atoms with van der Waals surface area (Å²) in [5.74, 6) is -1.23. The molecule has 1 saturated heterocycles. The fourth-order valence-corrected chi connectivity index (χ4v) is 2.21. The highest BCUT2D eigenvalue weighted by Gasteiger charge is 2.28. The first kappa shape index (κ1) is 11.4. The fraction of sp³-hybridized carbons (Fsp3) is 0.833. The third kappa shape index (κ3) is 2.64. The lowest BCUT2D eigenvalue weighted by molar-refractivity contribution is -0.138. The fourth-order valence-electron chi connectivity index (χ4n) is 0.901. The van der Waals surface area contributed by atoms with Gasteiger partial charge in [-0.2, -0.15) is 17.4 Å². The highest BCUT2D eigenvalue weighted by molar-refractivity contribution is 7.87. The van der Waals surface area contributed by atoms with Gasteiger partial charge in [-0.05, 0) is 6.42 Å². The van der Waals surface area contributed by atoms with Crippen LogP contribution in [0.25, 0.3) is 0 Å². The molecule has 1 atom stereocenters. The summed E-state index contributed by atoms with van der Waals surface area (Å²) in [6.07, 6.45) is 0.839. The van der Waals surface area contributed by atoms with Gasteiger partial charge < -0.3 is 10.8 Å². The van der Waals surface area contributed by atoms with E-state index in [9.17, 15) is 13.2 Å². The maximum atomic E-state index is 11.3. The number of hydrogen-bond acceptors (Lipinski definition) is 4. The third-order valence-corrected chi connectivity index (χ3v) is 3.53. The highest BCUT2D eigenvalue weighted by atomic mass is 32.2. The van der Waals surface area contributed by atoms with E-state index >= 15 is 0 Å². The van der Waals surface area contributed by atoms with Crippen LogP contribution in [-0.2, 0) is 15.0 Å². The van der Waals surface area contributed by atoms with Crippen molar-refractivity contribution in [3.8, 4) is 0 Å². The van der Waals surface area contributed by atoms with Gasteiger partial charge in [-0.15, -0.1) is 0 Å². The molecule has 1 unspecified atom stereocenters. The van der Waals surface area contributed by atoms with Crippen molar-refractivity contribution in [2.75, 3.05) is 19.6 Å². The second-order valence-corrected chi connectivity index (χ2v) is 4.81. The molecule has 0 bridgehead atoms. The average Bonchev–Trinajstić information content (AvgIpc) is 1.95. The Morgan fingerprint density at radius 2 is 2.14 bits per heavy atom. The van der Waals surface area contributed by atoms with Crippen LogP contribution in [0.3, 0.4) is 0 Å². The lowest BCUT2D eigenvalue weighted by Crippen LogP contribution is -2.51. The first-order valence-corrected chi connectivity index (χ1v) is 5.60. The van der Waals surface area contributed by atoms with E-state index in [-0.39, 0.29) is 6.54 Å². The molecule has 4 N–H and O–H groups in total. The van der Waals surface area contributed by atoms with Crippen LogP contribution in [0, 0.1) is 0 Å². The van der Waals surface area contributed by atoms with Gasteiger partial charge in [0.05, 0.1) is 0 Å². The number of carbonyl (C=O) groups is 1. The molecular formula is C6H13N3O4S. The van der Waals surface area contributed by atoms with Crippen molar-refractivity contribution in [1.29, 1.82) is 0 Å². The predicted octanol–water partition coefficient (Wildman–Crippen LogP) is -2.06. The van der Waals surface area contributed by atoms with Crippen molar-refractivity contribution >= 4 is 16.2 Å². The number of nitrogens with two attached hydrogens (primary N) is 1. The molecule has 0 spiro atoms. The molecule has 8 heteroatoms. The topological polar surface area (TPSA) is 113 Å². The Morgan fingerprint density at radius 1 is 1.57 bits per heavy atom. The number of rotatable bonds is 5. The average molecular weight is 223 g/mol. The maximum Gasteiger partial charge on any atom is 0.321 e. The van der Waals surface area contributed by atoms with Crippen LogP contribution in [0.2, 0.25) is 0 Å². The Morgan fingerprint density at radius 3 is 2.50 bits per heavy atom. The Bertz CT molecular complexity index is 311. The van der Waals surface area contributed by atoms with Gasteiger partial charge in [0.2, 0.25) is 0 Å². The van der Waals surface area contributed by atoms with Gasteiger partial charge in [0.25, 0.3) is 10.2 Å². The van der Waals surface area contributed by atoms with Crippen molar-refractivity contribution in [3.63, 3.8) is 0 Å². The van der Waals surface area contributed by atoms with Crippen molar-refractivity contribution in [3.05, 3.63) is 0 Å². The number of carboxylic acid groups (broad SMARTS) is 1. The Balaban J connectivity index is 2.40. The van der Waals surface area contributed by atoms with Gasteiger partial charge in [-0.25, -0.2) is 0 Å². The lowest BCUT2D eigenvalue weighted by Gasteiger charge is -2.29. The van der Waals surface area contributed by atoms with E-state index in [1.54, 1.807) is 0 Å². The summed E-state index contributed by atoms with van der Waals surface area (Å²) in [7, 11) is -3.51. The molecule has 1 rings (SSSR count). The van der Waals surface area contributed by atoms with Gasteiger partial charge in [0.15, 0.2) is 0 Å². The van der Waals surface area contributed by atoms with E-state index < -0.39 is 22.2 Å². The largest absolute Gasteiger partial charge is 0.480 e. The molecular weight excluding hydrogens is 210 g/mol. The zero-order valence-corrected chi connectivity index (χ0v) is 8.33. The smallest absolute Gasteiger partial charge is 0.321 e. The molecule has 0 aromatic heterocycles. The summed E-state index contributed by atoms with van der Waals surface area (Å²) >= 11 is 0. The van der Waals surface area contributed by atoms with E-state index in [0.717, 1.165) is 6.42 Å². The van der Waals surface area contributed by atoms with Crippen LogP contribution >= 0.6 is 0 Å². The minimum absolute atomic E-state index is 0.284. The molecule has 0 aliphatic carbocycles. The highest BCUT2D eigenvalue weighted by Crippen LogP contribution is 2.09. The van der Waals surface area contributed by atoms with E-state index in [4.69, 9.17) is 10.8 Å². The summed E-state index contributed by atoms with van der Waals surface area (Å²) < 4.78 is 26.0. The number of hydrogen-bond donors (Lipinski definition) is 3. The van der Waals surface area contributed by atoms with Crippen LogP contribution in [0.15, 0.2) is 0 Å². The molecule has 0 amide bonds. The summed E-state index contributed by atoms with van der Waals surface area (Å²) in [5, 5.41) is 8.42. The number of carboxylic acids is 1. The minimum Gasteiger partial charge on any atom is -0.480 e. The van der Waals surface area contributed by atoms with E-state index in [1.807, 2.05) is 0 Å². The normalized spacial score (nSPS) is 20.1. The summed E-state index contributed by atoms with van der Waals surface area (Å²) in [5.41, 5.74) is 5.14. The van der Waals surface area contributed by atoms with E-state index in [2.05, 4.69) is 4.72 Å². The van der Waals surface area contributed by atoms with Gasteiger partial charge >= 0.3 is 5.97 Å². The zero-order valence-electron chi connectivity index (χ0n) is 7.51. The standard InChI is InChI=1S/C6H13N3O4S/c7-5(6(10)11)4-8-14(12,13)9-2-1-3-9/h5,8H,1-4,7H2,(H,10,11). The summed E-state index contributed by atoms with van der Waals surface area (Å²) in [6, 6.07) is -1.20. The Labute approximate surface area is 82.1 Å². The first-order valence-electron chi connectivity index (χ1n) is 4.16. The van der Waals surface area contributed by atoms with Gasteiger partial charge in [0, 0.05) is 19.6 Å². The van der Waals surface area contributed by atoms with E-state index in [1.165, 1.54) is 4.31 Å². The monoisotopic (exact) mass is 223 g/mol. The number of nitrogens with one attached hydrogen (secondary N) is 1. The van der Waals surface area contributed by atoms with Gasteiger partial charge in [-0.1, -0.05) is 0 Å². The molecule has 1 fully saturated rings. The number of aliphatic carboxylic acids is 1. The van der Waals surface area contributed by atoms with Crippen LogP contribution in [0.1, 0.15) is 6.42 Å². The van der Waals surface area contributed by atoms with Crippen molar-refractivity contribution in [2.45, 2.75) is 12.5 Å². The van der Waals surface area contributed by atoms with Crippen molar-refractivity contribution < 1.29 is 18.3 Å². The molecule has 14 heavy (non-hydrogen) atoms. The van der Waals surface area contributed by atoms with Crippen molar-refractivity contribution in [1.82, 2.24) is 9.03 Å². The second-order valence-electron chi connectivity index (χ2n) is 3.05. The molecule has 0 aromatic rings. The summed E-state index contributed by atoms with van der Waals surface area (Å²) in [6.45, 7) is 0.684. The number of nitrogens with zero attached hydrogens (tertiary/aromatic N) is 1. The Kier molecular flexibility index (Phi) is 3.43. The third-order valence-electron chi connectivity index (χ3n) is 1.96. The van der Waals surface area contributed by atoms with Crippen LogP contribution in [-0.4, -0.2) is 49.5 Å². The molecule has 1 aliphatic heterocycles. The summed E-state index contributed by atoms with van der Waals surface area (Å²) in [4.78, 5) is 10.3. The molecule has 0 radical (unpaired) electrons. The second kappa shape index (κ2) is 4.22. The molecule has 0 saturated carbocycles. The lowest BCUT2D eigenvalue weighted by atomic mass is 10.3. The molecule has 7 nitrogen and oxygen atoms in total. The predicted molar refractivity (Wildman–Crippen MR) is 48.7 cm³/mol. The molecule has 82 valence electrons. The van der Waals surface area contributed by atoms with E-state index in [0.29, 0.717) is 13.1 Å². The molecule has 0 aromatic carbocycles. The van der Waals surface area contributed by atoms with Crippen LogP contribution in [0.4, 0.5) is 0 Å². The minimum atomic E-state index is -3.51. The molecule has 1 aliphatic rings. The van der Waals surface area contributed by atoms with Gasteiger partial charge in [-0.3, -0.25) is 4.79 Å². The Hall–Kier alpha value is -0.700. The van der Waals surface area contributed by atoms with Crippen LogP contribution in [0.5, 0.6) is 0 Å².